The Morgan fingerprint density at radius 1 is 1.56 bits per heavy atom. The number of hydrogen-bond donors (Lipinski definition) is 0. The monoisotopic (exact) mass is 302 g/mol. The zero-order chi connectivity index (χ0) is 11.5. The summed E-state index contributed by atoms with van der Waals surface area (Å²) in [6.07, 6.45) is 2.63. The third-order valence-electron chi connectivity index (χ3n) is 3.31. The standard InChI is InChI=1S/C12H19BrN2S/c1-9-8-16-12(14-9)7-15-5-3-11(4-6-15)10(2)13/h8,10-11H,3-7H2,1-2H3. The van der Waals surface area contributed by atoms with Crippen molar-refractivity contribution in [2.75, 3.05) is 13.1 Å². The molecule has 16 heavy (non-hydrogen) atoms. The van der Waals surface area contributed by atoms with Gasteiger partial charge in [0.05, 0.1) is 6.54 Å². The number of likely N-dealkylation sites (tertiary alicyclic amines) is 1. The van der Waals surface area contributed by atoms with Gasteiger partial charge in [-0.25, -0.2) is 4.98 Å². The van der Waals surface area contributed by atoms with E-state index >= 15 is 0 Å². The van der Waals surface area contributed by atoms with Crippen LogP contribution in [0.15, 0.2) is 5.38 Å². The number of aromatic nitrogens is 1. The molecule has 1 atom stereocenters. The van der Waals surface area contributed by atoms with E-state index in [1.807, 2.05) is 0 Å². The number of aryl methyl sites for hydroxylation is 1. The normalized spacial score (nSPS) is 21.2. The Kier molecular flexibility index (Phi) is 4.39. The molecule has 0 aliphatic carbocycles. The van der Waals surface area contributed by atoms with Crippen LogP contribution in [0.3, 0.4) is 0 Å². The van der Waals surface area contributed by atoms with E-state index in [1.54, 1.807) is 11.3 Å². The van der Waals surface area contributed by atoms with Crippen molar-refractivity contribution in [3.05, 3.63) is 16.1 Å². The fourth-order valence-corrected chi connectivity index (χ4v) is 3.58. The molecule has 1 aliphatic heterocycles. The minimum absolute atomic E-state index is 0.664. The van der Waals surface area contributed by atoms with Gasteiger partial charge in [-0.3, -0.25) is 4.90 Å². The summed E-state index contributed by atoms with van der Waals surface area (Å²) >= 11 is 5.49. The summed E-state index contributed by atoms with van der Waals surface area (Å²) in [5.41, 5.74) is 1.16. The molecule has 90 valence electrons. The van der Waals surface area contributed by atoms with Gasteiger partial charge in [0, 0.05) is 15.9 Å². The summed E-state index contributed by atoms with van der Waals surface area (Å²) in [5.74, 6) is 0.856. The fourth-order valence-electron chi connectivity index (χ4n) is 2.24. The molecule has 0 bridgehead atoms. The van der Waals surface area contributed by atoms with Crippen LogP contribution in [0.2, 0.25) is 0 Å². The van der Waals surface area contributed by atoms with Crippen molar-refractivity contribution in [3.63, 3.8) is 0 Å². The number of nitrogens with zero attached hydrogens (tertiary/aromatic N) is 2. The number of piperidine rings is 1. The molecule has 4 heteroatoms. The van der Waals surface area contributed by atoms with Crippen LogP contribution in [0.1, 0.15) is 30.5 Å². The van der Waals surface area contributed by atoms with E-state index in [2.05, 4.69) is 45.0 Å². The Balaban J connectivity index is 1.81. The number of alkyl halides is 1. The lowest BCUT2D eigenvalue weighted by Gasteiger charge is -2.32. The van der Waals surface area contributed by atoms with E-state index in [4.69, 9.17) is 0 Å². The van der Waals surface area contributed by atoms with E-state index in [9.17, 15) is 0 Å². The molecule has 1 fully saturated rings. The van der Waals surface area contributed by atoms with Crippen LogP contribution in [0.4, 0.5) is 0 Å². The molecule has 1 aromatic rings. The van der Waals surface area contributed by atoms with E-state index in [0.29, 0.717) is 4.83 Å². The molecular formula is C12H19BrN2S. The largest absolute Gasteiger partial charge is 0.297 e. The fraction of sp³-hybridized carbons (Fsp3) is 0.750. The summed E-state index contributed by atoms with van der Waals surface area (Å²) in [5, 5.41) is 3.41. The van der Waals surface area contributed by atoms with Crippen molar-refractivity contribution in [2.24, 2.45) is 5.92 Å². The predicted octanol–water partition coefficient (Wildman–Crippen LogP) is 3.45. The van der Waals surface area contributed by atoms with Crippen molar-refractivity contribution in [1.82, 2.24) is 9.88 Å². The molecule has 1 aliphatic rings. The van der Waals surface area contributed by atoms with Gasteiger partial charge in [0.2, 0.25) is 0 Å². The Bertz CT molecular complexity index is 330. The maximum absolute atomic E-state index is 4.53. The lowest BCUT2D eigenvalue weighted by Crippen LogP contribution is -2.35. The van der Waals surface area contributed by atoms with Crippen molar-refractivity contribution >= 4 is 27.3 Å². The van der Waals surface area contributed by atoms with Crippen molar-refractivity contribution in [1.29, 1.82) is 0 Å². The van der Waals surface area contributed by atoms with Crippen LogP contribution >= 0.6 is 27.3 Å². The Labute approximate surface area is 110 Å². The topological polar surface area (TPSA) is 16.1 Å². The van der Waals surface area contributed by atoms with Gasteiger partial charge in [0.25, 0.3) is 0 Å². The number of thiazole rings is 1. The second-order valence-electron chi connectivity index (χ2n) is 4.67. The van der Waals surface area contributed by atoms with Crippen LogP contribution < -0.4 is 0 Å². The smallest absolute Gasteiger partial charge is 0.107 e. The first-order valence-corrected chi connectivity index (χ1v) is 7.72. The SMILES string of the molecule is Cc1csc(CN2CCC(C(C)Br)CC2)n1. The lowest BCUT2D eigenvalue weighted by atomic mass is 9.94. The first-order chi connectivity index (χ1) is 7.65. The summed E-state index contributed by atoms with van der Waals surface area (Å²) in [6.45, 7) is 7.82. The van der Waals surface area contributed by atoms with Gasteiger partial charge in [-0.05, 0) is 38.8 Å². The molecule has 0 aromatic carbocycles. The molecule has 1 unspecified atom stereocenters. The average Bonchev–Trinajstić information content (AvgIpc) is 2.65. The number of halogens is 1. The summed E-state index contributed by atoms with van der Waals surface area (Å²) < 4.78 is 0. The molecule has 0 radical (unpaired) electrons. The van der Waals surface area contributed by atoms with E-state index < -0.39 is 0 Å². The van der Waals surface area contributed by atoms with E-state index in [1.165, 1.54) is 30.9 Å². The highest BCUT2D eigenvalue weighted by Gasteiger charge is 2.22. The van der Waals surface area contributed by atoms with Crippen molar-refractivity contribution < 1.29 is 0 Å². The van der Waals surface area contributed by atoms with E-state index in [-0.39, 0.29) is 0 Å². The van der Waals surface area contributed by atoms with Gasteiger partial charge in [-0.2, -0.15) is 0 Å². The quantitative estimate of drug-likeness (QED) is 0.795. The zero-order valence-corrected chi connectivity index (χ0v) is 12.4. The van der Waals surface area contributed by atoms with Crippen LogP contribution in [0.25, 0.3) is 0 Å². The van der Waals surface area contributed by atoms with Gasteiger partial charge in [0.15, 0.2) is 0 Å². The molecule has 1 saturated heterocycles. The van der Waals surface area contributed by atoms with Gasteiger partial charge in [-0.1, -0.05) is 22.9 Å². The molecule has 0 saturated carbocycles. The molecule has 0 N–H and O–H groups in total. The minimum atomic E-state index is 0.664. The highest BCUT2D eigenvalue weighted by atomic mass is 79.9. The van der Waals surface area contributed by atoms with Crippen molar-refractivity contribution in [3.8, 4) is 0 Å². The average molecular weight is 303 g/mol. The Morgan fingerprint density at radius 3 is 2.75 bits per heavy atom. The molecule has 0 spiro atoms. The third kappa shape index (κ3) is 3.28. The lowest BCUT2D eigenvalue weighted by molar-refractivity contribution is 0.178. The zero-order valence-electron chi connectivity index (χ0n) is 9.95. The van der Waals surface area contributed by atoms with Gasteiger partial charge in [-0.15, -0.1) is 11.3 Å². The highest BCUT2D eigenvalue weighted by Crippen LogP contribution is 2.26. The Morgan fingerprint density at radius 2 is 2.25 bits per heavy atom. The maximum atomic E-state index is 4.53. The van der Waals surface area contributed by atoms with Crippen LogP contribution in [0, 0.1) is 12.8 Å². The van der Waals surface area contributed by atoms with Gasteiger partial charge in [0.1, 0.15) is 5.01 Å². The first kappa shape index (κ1) is 12.5. The number of rotatable bonds is 3. The molecule has 2 rings (SSSR count). The molecule has 2 heterocycles. The van der Waals surface area contributed by atoms with Crippen molar-refractivity contribution in [2.45, 2.75) is 38.1 Å². The Hall–Kier alpha value is 0.0700. The minimum Gasteiger partial charge on any atom is -0.297 e. The van der Waals surface area contributed by atoms with E-state index in [0.717, 1.165) is 18.2 Å². The van der Waals surface area contributed by atoms with Crippen LogP contribution in [-0.2, 0) is 6.54 Å². The third-order valence-corrected chi connectivity index (χ3v) is 5.01. The summed E-state index contributed by atoms with van der Waals surface area (Å²) in [6, 6.07) is 0. The molecular weight excluding hydrogens is 284 g/mol. The highest BCUT2D eigenvalue weighted by molar-refractivity contribution is 9.09. The summed E-state index contributed by atoms with van der Waals surface area (Å²) in [7, 11) is 0. The van der Waals surface area contributed by atoms with Crippen LogP contribution in [-0.4, -0.2) is 27.8 Å². The molecule has 1 aromatic heterocycles. The molecule has 2 nitrogen and oxygen atoms in total. The predicted molar refractivity (Wildman–Crippen MR) is 73.2 cm³/mol. The second-order valence-corrected chi connectivity index (χ2v) is 7.06. The number of hydrogen-bond acceptors (Lipinski definition) is 3. The van der Waals surface area contributed by atoms with Crippen LogP contribution in [0.5, 0.6) is 0 Å². The second kappa shape index (κ2) is 5.61. The summed E-state index contributed by atoms with van der Waals surface area (Å²) in [4.78, 5) is 7.72. The van der Waals surface area contributed by atoms with Gasteiger partial charge >= 0.3 is 0 Å². The molecule has 0 amide bonds. The van der Waals surface area contributed by atoms with Gasteiger partial charge < -0.3 is 0 Å². The first-order valence-electron chi connectivity index (χ1n) is 5.92. The maximum Gasteiger partial charge on any atom is 0.107 e.